The van der Waals surface area contributed by atoms with Gasteiger partial charge in [0.15, 0.2) is 16.6 Å². The Hall–Kier alpha value is -0.560. The van der Waals surface area contributed by atoms with E-state index in [1.807, 2.05) is 0 Å². The Morgan fingerprint density at radius 2 is 1.70 bits per heavy atom. The van der Waals surface area contributed by atoms with Gasteiger partial charge in [-0.2, -0.15) is 0 Å². The van der Waals surface area contributed by atoms with Gasteiger partial charge in [-0.05, 0) is 6.92 Å². The van der Waals surface area contributed by atoms with Gasteiger partial charge < -0.3 is 0 Å². The zero-order valence-electron chi connectivity index (χ0n) is 5.59. The van der Waals surface area contributed by atoms with Crippen LogP contribution in [-0.4, -0.2) is 16.6 Å². The second kappa shape index (κ2) is 2.59. The average Bonchev–Trinajstić information content (AvgIpc) is 2.11. The molecule has 0 N–H and O–H groups in total. The molecule has 0 saturated carbocycles. The van der Waals surface area contributed by atoms with Crippen molar-refractivity contribution >= 4 is 24.5 Å². The highest BCUT2D eigenvalue weighted by atomic mass is 31.1. The molecule has 3 nitrogen and oxygen atoms in total. The molecule has 0 amide bonds. The van der Waals surface area contributed by atoms with Crippen LogP contribution in [0.15, 0.2) is 0 Å². The summed E-state index contributed by atoms with van der Waals surface area (Å²) in [6, 6.07) is 0. The third-order valence-corrected chi connectivity index (χ3v) is 3.44. The van der Waals surface area contributed by atoms with Crippen LogP contribution >= 0.6 is 7.92 Å². The minimum absolute atomic E-state index is 0.146. The standard InChI is InChI=1S/C6H7O3P/c1-4(7)10-5(8)2-3-6(10)9/h2-3H2,1H3. The van der Waals surface area contributed by atoms with E-state index in [-0.39, 0.29) is 29.4 Å². The van der Waals surface area contributed by atoms with E-state index in [1.165, 1.54) is 6.92 Å². The molecule has 0 bridgehead atoms. The Labute approximate surface area is 59.5 Å². The molecule has 0 aliphatic carbocycles. The number of hydrogen-bond acceptors (Lipinski definition) is 3. The molecule has 0 aromatic rings. The molecule has 1 heterocycles. The maximum absolute atomic E-state index is 10.8. The highest BCUT2D eigenvalue weighted by molar-refractivity contribution is 8.02. The van der Waals surface area contributed by atoms with E-state index in [0.29, 0.717) is 0 Å². The Morgan fingerprint density at radius 3 is 1.90 bits per heavy atom. The van der Waals surface area contributed by atoms with Gasteiger partial charge in [-0.15, -0.1) is 0 Å². The fourth-order valence-electron chi connectivity index (χ4n) is 0.928. The smallest absolute Gasteiger partial charge is 0.169 e. The Kier molecular flexibility index (Phi) is 1.95. The Morgan fingerprint density at radius 1 is 1.30 bits per heavy atom. The lowest BCUT2D eigenvalue weighted by Crippen LogP contribution is -1.98. The van der Waals surface area contributed by atoms with Gasteiger partial charge in [0.25, 0.3) is 0 Å². The van der Waals surface area contributed by atoms with Crippen LogP contribution in [0.1, 0.15) is 19.8 Å². The second-order valence-corrected chi connectivity index (χ2v) is 4.44. The first kappa shape index (κ1) is 7.55. The summed E-state index contributed by atoms with van der Waals surface area (Å²) in [6.45, 7) is 1.31. The molecule has 1 saturated heterocycles. The number of carbonyl (C=O) groups excluding carboxylic acids is 3. The van der Waals surface area contributed by atoms with Crippen LogP contribution in [0.3, 0.4) is 0 Å². The SMILES string of the molecule is CC(=O)P1C(=O)CCC1=O. The van der Waals surface area contributed by atoms with Crippen LogP contribution < -0.4 is 0 Å². The lowest BCUT2D eigenvalue weighted by atomic mass is 10.4. The van der Waals surface area contributed by atoms with E-state index in [0.717, 1.165) is 0 Å². The largest absolute Gasteiger partial charge is 0.294 e. The Balaban J connectivity index is 2.82. The van der Waals surface area contributed by atoms with E-state index in [9.17, 15) is 14.4 Å². The van der Waals surface area contributed by atoms with Crippen LogP contribution in [0, 0.1) is 0 Å². The van der Waals surface area contributed by atoms with Gasteiger partial charge in [-0.3, -0.25) is 14.4 Å². The first-order valence-corrected chi connectivity index (χ1v) is 4.33. The summed E-state index contributed by atoms with van der Waals surface area (Å²) in [5, 5.41) is 0. The van der Waals surface area contributed by atoms with E-state index in [1.54, 1.807) is 0 Å². The summed E-state index contributed by atoms with van der Waals surface area (Å²) in [5.74, 6) is 0. The van der Waals surface area contributed by atoms with Gasteiger partial charge in [0.1, 0.15) is 7.92 Å². The summed E-state index contributed by atoms with van der Waals surface area (Å²) in [7, 11) is -1.54. The van der Waals surface area contributed by atoms with Crippen molar-refractivity contribution < 1.29 is 14.4 Å². The van der Waals surface area contributed by atoms with Gasteiger partial charge in [-0.25, -0.2) is 0 Å². The van der Waals surface area contributed by atoms with Crippen molar-refractivity contribution in [1.29, 1.82) is 0 Å². The van der Waals surface area contributed by atoms with E-state index >= 15 is 0 Å². The van der Waals surface area contributed by atoms with Crippen molar-refractivity contribution in [3.8, 4) is 0 Å². The third kappa shape index (κ3) is 1.14. The molecule has 54 valence electrons. The normalized spacial score (nSPS) is 20.1. The molecule has 4 heteroatoms. The fourth-order valence-corrected chi connectivity index (χ4v) is 2.58. The molecule has 0 aromatic heterocycles. The molecule has 1 aliphatic rings. The van der Waals surface area contributed by atoms with Gasteiger partial charge in [0.05, 0.1) is 0 Å². The van der Waals surface area contributed by atoms with Crippen LogP contribution in [0.25, 0.3) is 0 Å². The zero-order valence-corrected chi connectivity index (χ0v) is 6.48. The van der Waals surface area contributed by atoms with Crippen LogP contribution in [0.5, 0.6) is 0 Å². The van der Waals surface area contributed by atoms with Gasteiger partial charge in [-0.1, -0.05) is 0 Å². The predicted octanol–water partition coefficient (Wildman–Crippen LogP) is 0.862. The van der Waals surface area contributed by atoms with Crippen molar-refractivity contribution in [2.75, 3.05) is 0 Å². The summed E-state index contributed by atoms with van der Waals surface area (Å²) in [5.41, 5.74) is -0.539. The van der Waals surface area contributed by atoms with Crippen molar-refractivity contribution in [1.82, 2.24) is 0 Å². The number of carbonyl (C=O) groups is 3. The summed E-state index contributed by atoms with van der Waals surface area (Å²) >= 11 is 0. The number of hydrogen-bond donors (Lipinski definition) is 0. The molecule has 1 fully saturated rings. The quantitative estimate of drug-likeness (QED) is 0.532. The van der Waals surface area contributed by atoms with Crippen LogP contribution in [0.4, 0.5) is 0 Å². The van der Waals surface area contributed by atoms with Crippen molar-refractivity contribution in [2.24, 2.45) is 0 Å². The maximum Gasteiger partial charge on any atom is 0.169 e. The van der Waals surface area contributed by atoms with Gasteiger partial charge >= 0.3 is 0 Å². The molecule has 0 spiro atoms. The zero-order chi connectivity index (χ0) is 7.72. The lowest BCUT2D eigenvalue weighted by Gasteiger charge is -1.97. The highest BCUT2D eigenvalue weighted by Crippen LogP contribution is 2.46. The highest BCUT2D eigenvalue weighted by Gasteiger charge is 2.36. The monoisotopic (exact) mass is 158 g/mol. The maximum atomic E-state index is 10.8. The van der Waals surface area contributed by atoms with Crippen molar-refractivity contribution in [2.45, 2.75) is 19.8 Å². The predicted molar refractivity (Wildman–Crippen MR) is 36.8 cm³/mol. The molecule has 10 heavy (non-hydrogen) atoms. The lowest BCUT2D eigenvalue weighted by molar-refractivity contribution is -0.113. The molecule has 0 radical (unpaired) electrons. The first-order valence-electron chi connectivity index (χ1n) is 2.99. The van der Waals surface area contributed by atoms with E-state index in [2.05, 4.69) is 0 Å². The van der Waals surface area contributed by atoms with E-state index in [4.69, 9.17) is 0 Å². The molecule has 1 aliphatic heterocycles. The van der Waals surface area contributed by atoms with Gasteiger partial charge in [0.2, 0.25) is 0 Å². The average molecular weight is 158 g/mol. The molecular formula is C6H7O3P. The molecule has 1 rings (SSSR count). The number of rotatable bonds is 1. The van der Waals surface area contributed by atoms with Crippen molar-refractivity contribution in [3.63, 3.8) is 0 Å². The third-order valence-electron chi connectivity index (χ3n) is 1.37. The summed E-state index contributed by atoms with van der Waals surface area (Å²) in [6.07, 6.45) is 0.564. The van der Waals surface area contributed by atoms with Gasteiger partial charge in [0, 0.05) is 12.8 Å². The van der Waals surface area contributed by atoms with Crippen LogP contribution in [0.2, 0.25) is 0 Å². The summed E-state index contributed by atoms with van der Waals surface area (Å²) < 4.78 is 0. The molecule has 0 atom stereocenters. The second-order valence-electron chi connectivity index (χ2n) is 2.14. The first-order chi connectivity index (χ1) is 4.63. The fraction of sp³-hybridized carbons (Fsp3) is 0.500. The van der Waals surface area contributed by atoms with Crippen LogP contribution in [-0.2, 0) is 14.4 Å². The molecule has 0 unspecified atom stereocenters. The minimum atomic E-state index is -1.54. The summed E-state index contributed by atoms with van der Waals surface area (Å²) in [4.78, 5) is 32.3. The van der Waals surface area contributed by atoms with E-state index < -0.39 is 7.92 Å². The minimum Gasteiger partial charge on any atom is -0.294 e. The molecular weight excluding hydrogens is 151 g/mol. The topological polar surface area (TPSA) is 51.2 Å². The van der Waals surface area contributed by atoms with Crippen molar-refractivity contribution in [3.05, 3.63) is 0 Å². The Bertz CT molecular complexity index is 193. The molecule has 0 aromatic carbocycles.